The van der Waals surface area contributed by atoms with Crippen LogP contribution in [-0.4, -0.2) is 21.8 Å². The summed E-state index contributed by atoms with van der Waals surface area (Å²) < 4.78 is 23.5. The zero-order chi connectivity index (χ0) is 29.6. The minimum atomic E-state index is -1.59. The van der Waals surface area contributed by atoms with Crippen molar-refractivity contribution in [3.8, 4) is 6.07 Å². The summed E-state index contributed by atoms with van der Waals surface area (Å²) in [6, 6.07) is 15.0. The van der Waals surface area contributed by atoms with Crippen molar-refractivity contribution in [3.63, 3.8) is 0 Å². The first-order chi connectivity index (χ1) is 20.2. The number of pyridine rings is 1. The van der Waals surface area contributed by atoms with E-state index >= 15 is 0 Å². The lowest BCUT2D eigenvalue weighted by atomic mass is 10.0. The summed E-state index contributed by atoms with van der Waals surface area (Å²) in [5, 5.41) is 19.4. The zero-order valence-corrected chi connectivity index (χ0v) is 23.2. The van der Waals surface area contributed by atoms with Crippen LogP contribution in [-0.2, 0) is 0 Å². The van der Waals surface area contributed by atoms with Crippen molar-refractivity contribution >= 4 is 57.0 Å². The molecule has 8 nitrogen and oxygen atoms in total. The van der Waals surface area contributed by atoms with E-state index in [1.807, 2.05) is 11.2 Å². The number of Topliss-reactive ketones (excluding diaryl/α,β-unsaturated/α-hetero) is 1. The average Bonchev–Trinajstić information content (AvgIpc) is 3.69. The van der Waals surface area contributed by atoms with Gasteiger partial charge >= 0.3 is 0 Å². The number of hydrazine groups is 2. The number of rotatable bonds is 8. The molecular weight excluding hydrogens is 564 g/mol. The highest BCUT2D eigenvalue weighted by Gasteiger charge is 2.32. The number of carbonyl (C=O) groups excluding carboxylic acids is 1. The number of nitrogens with one attached hydrogen (secondary N) is 4. The lowest BCUT2D eigenvalue weighted by Crippen LogP contribution is -2.38. The lowest BCUT2D eigenvalue weighted by Gasteiger charge is -2.22. The van der Waals surface area contributed by atoms with Crippen molar-refractivity contribution in [2.24, 2.45) is 0 Å². The van der Waals surface area contributed by atoms with Gasteiger partial charge in [0.15, 0.2) is 5.78 Å². The molecule has 1 fully saturated rings. The number of nitrogens with zero attached hydrogens (tertiary/aromatic N) is 3. The van der Waals surface area contributed by atoms with Crippen molar-refractivity contribution in [1.82, 2.24) is 21.0 Å². The fourth-order valence-corrected chi connectivity index (χ4v) is 5.31. The van der Waals surface area contributed by atoms with Crippen LogP contribution >= 0.6 is 23.2 Å². The van der Waals surface area contributed by atoms with E-state index in [1.165, 1.54) is 25.3 Å². The molecule has 41 heavy (non-hydrogen) atoms. The molecule has 0 saturated heterocycles. The Morgan fingerprint density at radius 3 is 2.71 bits per heavy atom. The van der Waals surface area contributed by atoms with E-state index in [9.17, 15) is 15.8 Å². The molecule has 11 heteroatoms. The van der Waals surface area contributed by atoms with Crippen LogP contribution in [0.3, 0.4) is 0 Å². The molecule has 6 rings (SSSR count). The largest absolute Gasteiger partial charge is 0.373 e. The lowest BCUT2D eigenvalue weighted by molar-refractivity contribution is 0.101. The van der Waals surface area contributed by atoms with Gasteiger partial charge in [-0.05, 0) is 61.7 Å². The molecule has 1 aliphatic heterocycles. The van der Waals surface area contributed by atoms with E-state index in [4.69, 9.17) is 23.2 Å². The van der Waals surface area contributed by atoms with Gasteiger partial charge < -0.3 is 16.1 Å². The predicted molar refractivity (Wildman–Crippen MR) is 158 cm³/mol. The number of hydrogen-bond donors (Lipinski definition) is 4. The summed E-state index contributed by atoms with van der Waals surface area (Å²) >= 11 is 13.1. The van der Waals surface area contributed by atoms with Gasteiger partial charge in [0.25, 0.3) is 0 Å². The smallest absolute Gasteiger partial charge is 0.163 e. The number of nitriles is 1. The van der Waals surface area contributed by atoms with Crippen LogP contribution in [0, 0.1) is 17.1 Å². The summed E-state index contributed by atoms with van der Waals surface area (Å²) in [6.07, 6.45) is 5.31. The summed E-state index contributed by atoms with van der Waals surface area (Å²) in [6.45, 7) is 1.41. The van der Waals surface area contributed by atoms with E-state index < -0.39 is 11.8 Å². The summed E-state index contributed by atoms with van der Waals surface area (Å²) in [4.78, 5) is 16.8. The standard InChI is InChI=1S/C30H24Cl2FN7O/c1-16(41)27-23(31)3-2-4-25(27)37-28-18(13-34)14-35-30-22(28)11-20(12-24(30)32)36-29(17-5-7-19(33)8-6-17)26-15-40(39-38-26)21-9-10-21/h2-8,11-12,14-15,21,29,36,38-39H,9-10H2,1H3,(H,35,37)/i29D. The first-order valence-corrected chi connectivity index (χ1v) is 13.6. The minimum absolute atomic E-state index is 0.213. The van der Waals surface area contributed by atoms with Crippen LogP contribution in [0.1, 0.15) is 48.6 Å². The van der Waals surface area contributed by atoms with Crippen LogP contribution < -0.4 is 21.6 Å². The van der Waals surface area contributed by atoms with Crippen LogP contribution in [0.25, 0.3) is 10.9 Å². The Hall–Kier alpha value is -4.36. The Labute approximate surface area is 247 Å². The molecule has 2 heterocycles. The minimum Gasteiger partial charge on any atom is -0.373 e. The fourth-order valence-electron chi connectivity index (χ4n) is 4.73. The van der Waals surface area contributed by atoms with Crippen LogP contribution in [0.4, 0.5) is 21.5 Å². The topological polar surface area (TPSA) is 105 Å². The van der Waals surface area contributed by atoms with Crippen molar-refractivity contribution in [3.05, 3.63) is 105 Å². The molecule has 0 bridgehead atoms. The molecule has 4 N–H and O–H groups in total. The van der Waals surface area contributed by atoms with Crippen molar-refractivity contribution in [2.75, 3.05) is 10.6 Å². The second kappa shape index (κ2) is 10.9. The SMILES string of the molecule is [2H]C(Nc1cc(Cl)c2ncc(C#N)c(Nc3cccc(Cl)c3C(C)=O)c2c1)(C1=CN(C2CC2)NN1)c1ccc(F)cc1. The maximum atomic E-state index is 13.9. The summed E-state index contributed by atoms with van der Waals surface area (Å²) in [7, 11) is 0. The van der Waals surface area contributed by atoms with Crippen LogP contribution in [0.15, 0.2) is 72.7 Å². The van der Waals surface area contributed by atoms with Gasteiger partial charge in [0.2, 0.25) is 0 Å². The predicted octanol–water partition coefficient (Wildman–Crippen LogP) is 6.98. The highest BCUT2D eigenvalue weighted by Crippen LogP contribution is 2.38. The normalized spacial score (nSPS) is 16.3. The maximum Gasteiger partial charge on any atom is 0.163 e. The molecule has 1 aliphatic carbocycles. The fraction of sp³-hybridized carbons (Fsp3) is 0.167. The van der Waals surface area contributed by atoms with Gasteiger partial charge in [-0.15, -0.1) is 5.53 Å². The number of aromatic nitrogens is 1. The number of halogens is 3. The molecule has 1 saturated carbocycles. The number of ketones is 1. The Bertz CT molecular complexity index is 1810. The second-order valence-electron chi connectivity index (χ2n) is 9.78. The summed E-state index contributed by atoms with van der Waals surface area (Å²) in [5.74, 6) is -0.664. The Balaban J connectivity index is 1.48. The average molecular weight is 589 g/mol. The number of fused-ring (bicyclic) bond motifs is 1. The van der Waals surface area contributed by atoms with Crippen LogP contribution in [0.5, 0.6) is 0 Å². The van der Waals surface area contributed by atoms with Gasteiger partial charge in [-0.3, -0.25) is 14.8 Å². The number of anilines is 3. The van der Waals surface area contributed by atoms with Gasteiger partial charge in [-0.2, -0.15) is 5.26 Å². The number of benzene rings is 3. The highest BCUT2D eigenvalue weighted by atomic mass is 35.5. The third kappa shape index (κ3) is 5.37. The molecule has 0 spiro atoms. The molecule has 1 unspecified atom stereocenters. The Kier molecular flexibility index (Phi) is 6.80. The first-order valence-electron chi connectivity index (χ1n) is 13.3. The second-order valence-corrected chi connectivity index (χ2v) is 10.6. The molecule has 2 aliphatic rings. The van der Waals surface area contributed by atoms with E-state index in [-0.39, 0.29) is 27.0 Å². The Morgan fingerprint density at radius 2 is 2.00 bits per heavy atom. The van der Waals surface area contributed by atoms with E-state index in [2.05, 4.69) is 32.6 Å². The van der Waals surface area contributed by atoms with Crippen molar-refractivity contribution in [1.29, 1.82) is 5.26 Å². The maximum absolute atomic E-state index is 13.9. The molecule has 0 radical (unpaired) electrons. The molecule has 0 amide bonds. The molecule has 1 atom stereocenters. The van der Waals surface area contributed by atoms with E-state index in [0.29, 0.717) is 45.3 Å². The Morgan fingerprint density at radius 1 is 1.22 bits per heavy atom. The van der Waals surface area contributed by atoms with Crippen molar-refractivity contribution < 1.29 is 10.6 Å². The molecule has 3 aromatic carbocycles. The zero-order valence-electron chi connectivity index (χ0n) is 22.7. The molecule has 1 aromatic heterocycles. The van der Waals surface area contributed by atoms with Gasteiger partial charge in [0.1, 0.15) is 11.9 Å². The third-order valence-electron chi connectivity index (χ3n) is 6.87. The highest BCUT2D eigenvalue weighted by molar-refractivity contribution is 6.36. The van der Waals surface area contributed by atoms with E-state index in [1.54, 1.807) is 42.5 Å². The quantitative estimate of drug-likeness (QED) is 0.163. The van der Waals surface area contributed by atoms with E-state index in [0.717, 1.165) is 12.8 Å². The van der Waals surface area contributed by atoms with Gasteiger partial charge in [-0.25, -0.2) is 4.39 Å². The number of hydrogen-bond acceptors (Lipinski definition) is 8. The first kappa shape index (κ1) is 25.6. The number of carbonyl (C=O) groups is 1. The molecule has 206 valence electrons. The molecule has 4 aromatic rings. The summed E-state index contributed by atoms with van der Waals surface area (Å²) in [5.41, 5.74) is 9.28. The molecular formula is C30H24Cl2FN7O. The van der Waals surface area contributed by atoms with Gasteiger partial charge in [0.05, 0.1) is 51.1 Å². The third-order valence-corrected chi connectivity index (χ3v) is 7.47. The van der Waals surface area contributed by atoms with Gasteiger partial charge in [-0.1, -0.05) is 41.4 Å². The monoisotopic (exact) mass is 588 g/mol. The van der Waals surface area contributed by atoms with Crippen LogP contribution in [0.2, 0.25) is 10.0 Å². The van der Waals surface area contributed by atoms with Crippen molar-refractivity contribution in [2.45, 2.75) is 31.8 Å². The van der Waals surface area contributed by atoms with Gasteiger partial charge in [0, 0.05) is 29.5 Å².